The van der Waals surface area contributed by atoms with Crippen LogP contribution in [0.4, 0.5) is 13.2 Å². The highest BCUT2D eigenvalue weighted by Crippen LogP contribution is 2.30. The summed E-state index contributed by atoms with van der Waals surface area (Å²) in [5, 5.41) is 8.40. The van der Waals surface area contributed by atoms with E-state index in [-0.39, 0.29) is 6.10 Å². The topological polar surface area (TPSA) is 33.0 Å². The van der Waals surface area contributed by atoms with Crippen molar-refractivity contribution in [3.8, 4) is 6.07 Å². The summed E-state index contributed by atoms with van der Waals surface area (Å²) in [6.45, 7) is 0.341. The third kappa shape index (κ3) is 5.86. The smallest absolute Gasteiger partial charge is 0.374 e. The Labute approximate surface area is 140 Å². The molecule has 0 saturated heterocycles. The molecule has 24 heavy (non-hydrogen) atoms. The molecule has 0 aromatic heterocycles. The maximum absolute atomic E-state index is 12.5. The molecule has 2 rings (SSSR count). The lowest BCUT2D eigenvalue weighted by Crippen LogP contribution is -2.20. The van der Waals surface area contributed by atoms with Crippen molar-refractivity contribution in [1.29, 1.82) is 5.26 Å². The minimum absolute atomic E-state index is 0.159. The standard InChI is InChI=1S/C19H20F3NO/c20-19(21,22)17-9-5-16(6-10-17)14-24-18-11-7-15(8-12-18)4-2-1-3-13-23/h1-6,9-10,15,18H,7-8,11-12,14H2/t15-,18-. The zero-order valence-electron chi connectivity index (χ0n) is 13.3. The summed E-state index contributed by atoms with van der Waals surface area (Å²) in [6, 6.07) is 7.07. The number of alkyl halides is 3. The van der Waals surface area contributed by atoms with Gasteiger partial charge in [0.1, 0.15) is 0 Å². The molecule has 0 N–H and O–H groups in total. The number of nitrogens with zero attached hydrogens (tertiary/aromatic N) is 1. The molecule has 1 aliphatic carbocycles. The molecule has 1 aromatic rings. The highest BCUT2D eigenvalue weighted by Gasteiger charge is 2.30. The fraction of sp³-hybridized carbons (Fsp3) is 0.421. The molecule has 1 aliphatic rings. The summed E-state index contributed by atoms with van der Waals surface area (Å²) in [5.74, 6) is 0.499. The van der Waals surface area contributed by atoms with Gasteiger partial charge in [0.2, 0.25) is 0 Å². The summed E-state index contributed by atoms with van der Waals surface area (Å²) < 4.78 is 43.3. The van der Waals surface area contributed by atoms with Crippen molar-refractivity contribution in [3.05, 3.63) is 59.7 Å². The molecule has 0 unspecified atom stereocenters. The van der Waals surface area contributed by atoms with E-state index in [1.54, 1.807) is 6.08 Å². The molecule has 0 aliphatic heterocycles. The Morgan fingerprint density at radius 3 is 2.33 bits per heavy atom. The van der Waals surface area contributed by atoms with Gasteiger partial charge in [0.15, 0.2) is 0 Å². The fourth-order valence-electron chi connectivity index (χ4n) is 2.77. The molecule has 0 amide bonds. The normalized spacial score (nSPS) is 22.1. The maximum atomic E-state index is 12.5. The second-order valence-electron chi connectivity index (χ2n) is 5.92. The third-order valence-corrected chi connectivity index (χ3v) is 4.15. The summed E-state index contributed by atoms with van der Waals surface area (Å²) in [6.07, 6.45) is 6.97. The van der Waals surface area contributed by atoms with Gasteiger partial charge in [-0.15, -0.1) is 0 Å². The van der Waals surface area contributed by atoms with E-state index in [0.29, 0.717) is 12.5 Å². The van der Waals surface area contributed by atoms with Crippen LogP contribution in [0.3, 0.4) is 0 Å². The van der Waals surface area contributed by atoms with Crippen LogP contribution in [0, 0.1) is 17.2 Å². The summed E-state index contributed by atoms with van der Waals surface area (Å²) in [4.78, 5) is 0. The second-order valence-corrected chi connectivity index (χ2v) is 5.92. The average molecular weight is 335 g/mol. The van der Waals surface area contributed by atoms with Crippen LogP contribution in [0.1, 0.15) is 36.8 Å². The van der Waals surface area contributed by atoms with Crippen LogP contribution in [0.25, 0.3) is 0 Å². The van der Waals surface area contributed by atoms with E-state index in [1.165, 1.54) is 18.2 Å². The predicted molar refractivity (Wildman–Crippen MR) is 85.9 cm³/mol. The number of benzene rings is 1. The molecular weight excluding hydrogens is 315 g/mol. The Morgan fingerprint density at radius 1 is 1.08 bits per heavy atom. The lowest BCUT2D eigenvalue weighted by atomic mass is 9.87. The van der Waals surface area contributed by atoms with Crippen LogP contribution in [-0.4, -0.2) is 6.10 Å². The molecule has 0 radical (unpaired) electrons. The van der Waals surface area contributed by atoms with E-state index in [0.717, 1.165) is 43.4 Å². The minimum Gasteiger partial charge on any atom is -0.374 e. The first-order valence-electron chi connectivity index (χ1n) is 7.99. The Morgan fingerprint density at radius 2 is 1.75 bits per heavy atom. The quantitative estimate of drug-likeness (QED) is 0.532. The van der Waals surface area contributed by atoms with Gasteiger partial charge in [0.05, 0.1) is 24.3 Å². The van der Waals surface area contributed by atoms with E-state index >= 15 is 0 Å². The van der Waals surface area contributed by atoms with Gasteiger partial charge in [0.25, 0.3) is 0 Å². The monoisotopic (exact) mass is 335 g/mol. The summed E-state index contributed by atoms with van der Waals surface area (Å²) >= 11 is 0. The molecule has 2 nitrogen and oxygen atoms in total. The van der Waals surface area contributed by atoms with Gasteiger partial charge < -0.3 is 4.74 Å². The van der Waals surface area contributed by atoms with Gasteiger partial charge in [0, 0.05) is 6.08 Å². The maximum Gasteiger partial charge on any atom is 0.416 e. The number of halogens is 3. The molecule has 1 saturated carbocycles. The first-order chi connectivity index (χ1) is 11.5. The zero-order chi connectivity index (χ0) is 17.4. The van der Waals surface area contributed by atoms with Crippen molar-refractivity contribution < 1.29 is 17.9 Å². The number of nitriles is 1. The van der Waals surface area contributed by atoms with Gasteiger partial charge in [-0.05, 0) is 49.3 Å². The number of ether oxygens (including phenoxy) is 1. The molecule has 5 heteroatoms. The van der Waals surface area contributed by atoms with E-state index in [2.05, 4.69) is 6.08 Å². The average Bonchev–Trinajstić information content (AvgIpc) is 2.57. The molecule has 128 valence electrons. The van der Waals surface area contributed by atoms with Crippen molar-refractivity contribution in [2.24, 2.45) is 5.92 Å². The number of allylic oxidation sites excluding steroid dienone is 4. The SMILES string of the molecule is N#CC=CC=C[C@H]1CC[C@H](OCc2ccc(C(F)(F)F)cc2)CC1. The largest absolute Gasteiger partial charge is 0.416 e. The zero-order valence-corrected chi connectivity index (χ0v) is 13.3. The van der Waals surface area contributed by atoms with Crippen molar-refractivity contribution in [2.45, 2.75) is 44.6 Å². The Hall–Kier alpha value is -2.06. The van der Waals surface area contributed by atoms with Gasteiger partial charge in [-0.1, -0.05) is 30.4 Å². The summed E-state index contributed by atoms with van der Waals surface area (Å²) in [5.41, 5.74) is 0.121. The van der Waals surface area contributed by atoms with Crippen LogP contribution in [-0.2, 0) is 17.5 Å². The van der Waals surface area contributed by atoms with Crippen molar-refractivity contribution in [2.75, 3.05) is 0 Å². The number of hydrogen-bond acceptors (Lipinski definition) is 2. The van der Waals surface area contributed by atoms with Crippen LogP contribution in [0.15, 0.2) is 48.6 Å². The van der Waals surface area contributed by atoms with Gasteiger partial charge >= 0.3 is 6.18 Å². The third-order valence-electron chi connectivity index (χ3n) is 4.15. The van der Waals surface area contributed by atoms with Crippen LogP contribution < -0.4 is 0 Å². The number of rotatable bonds is 5. The molecule has 0 bridgehead atoms. The Bertz CT molecular complexity index is 603. The predicted octanol–water partition coefficient (Wildman–Crippen LogP) is 5.42. The highest BCUT2D eigenvalue weighted by atomic mass is 19.4. The van der Waals surface area contributed by atoms with Gasteiger partial charge in [-0.2, -0.15) is 18.4 Å². The summed E-state index contributed by atoms with van der Waals surface area (Å²) in [7, 11) is 0. The van der Waals surface area contributed by atoms with E-state index in [4.69, 9.17) is 10.00 Å². The van der Waals surface area contributed by atoms with E-state index in [1.807, 2.05) is 12.1 Å². The van der Waals surface area contributed by atoms with Crippen LogP contribution in [0.2, 0.25) is 0 Å². The number of hydrogen-bond donors (Lipinski definition) is 0. The van der Waals surface area contributed by atoms with E-state index < -0.39 is 11.7 Å². The highest BCUT2D eigenvalue weighted by molar-refractivity contribution is 5.24. The van der Waals surface area contributed by atoms with Crippen molar-refractivity contribution in [1.82, 2.24) is 0 Å². The molecular formula is C19H20F3NO. The second kappa shape index (κ2) is 8.70. The van der Waals surface area contributed by atoms with Crippen LogP contribution in [0.5, 0.6) is 0 Å². The first kappa shape index (κ1) is 18.3. The lowest BCUT2D eigenvalue weighted by molar-refractivity contribution is -0.137. The van der Waals surface area contributed by atoms with Crippen molar-refractivity contribution >= 4 is 0 Å². The molecule has 0 spiro atoms. The van der Waals surface area contributed by atoms with Gasteiger partial charge in [-0.25, -0.2) is 0 Å². The Kier molecular flexibility index (Phi) is 6.62. The molecule has 0 heterocycles. The lowest BCUT2D eigenvalue weighted by Gasteiger charge is -2.26. The Balaban J connectivity index is 1.74. The van der Waals surface area contributed by atoms with Crippen molar-refractivity contribution in [3.63, 3.8) is 0 Å². The molecule has 1 aromatic carbocycles. The molecule has 1 fully saturated rings. The molecule has 0 atom stereocenters. The minimum atomic E-state index is -4.30. The fourth-order valence-corrected chi connectivity index (χ4v) is 2.77. The van der Waals surface area contributed by atoms with E-state index in [9.17, 15) is 13.2 Å². The van der Waals surface area contributed by atoms with Crippen LogP contribution >= 0.6 is 0 Å². The van der Waals surface area contributed by atoms with Gasteiger partial charge in [-0.3, -0.25) is 0 Å². The first-order valence-corrected chi connectivity index (χ1v) is 7.99.